The molecule has 1 aromatic rings. The Hall–Kier alpha value is -3.45. The lowest BCUT2D eigenvalue weighted by Gasteiger charge is -2.30. The van der Waals surface area contributed by atoms with Gasteiger partial charge >= 0.3 is 6.09 Å². The summed E-state index contributed by atoms with van der Waals surface area (Å²) < 4.78 is 33.0. The van der Waals surface area contributed by atoms with Crippen molar-refractivity contribution in [2.24, 2.45) is 5.92 Å². The highest BCUT2D eigenvalue weighted by Crippen LogP contribution is 2.46. The number of carbonyl (C=O) groups excluding carboxylic acids is 4. The van der Waals surface area contributed by atoms with Gasteiger partial charge in [0.2, 0.25) is 21.8 Å². The Labute approximate surface area is 264 Å². The van der Waals surface area contributed by atoms with Crippen LogP contribution in [0, 0.1) is 5.92 Å². The maximum Gasteiger partial charge on any atom is 0.408 e. The molecule has 45 heavy (non-hydrogen) atoms. The van der Waals surface area contributed by atoms with Gasteiger partial charge < -0.3 is 25.4 Å². The van der Waals surface area contributed by atoms with Gasteiger partial charge in [0.15, 0.2) is 0 Å². The Bertz CT molecular complexity index is 1450. The Balaban J connectivity index is 1.47. The minimum Gasteiger partial charge on any atom is -0.444 e. The molecule has 5 atom stereocenters. The summed E-state index contributed by atoms with van der Waals surface area (Å²) in [6.45, 7) is 4.92. The van der Waals surface area contributed by atoms with Gasteiger partial charge in [-0.15, -0.1) is 0 Å². The van der Waals surface area contributed by atoms with E-state index in [0.717, 1.165) is 12.8 Å². The number of sulfonamides is 1. The third kappa shape index (κ3) is 7.51. The molecule has 5 rings (SSSR count). The van der Waals surface area contributed by atoms with Crippen molar-refractivity contribution >= 4 is 33.8 Å². The number of allylic oxidation sites excluding steroid dienone is 1. The van der Waals surface area contributed by atoms with Crippen molar-refractivity contribution in [2.75, 3.05) is 6.54 Å². The van der Waals surface area contributed by atoms with E-state index in [1.54, 1.807) is 51.1 Å². The minimum atomic E-state index is -3.87. The zero-order valence-electron chi connectivity index (χ0n) is 26.1. The number of rotatable bonds is 5. The van der Waals surface area contributed by atoms with E-state index in [1.807, 2.05) is 12.2 Å². The number of amides is 4. The molecule has 12 nitrogen and oxygen atoms in total. The highest BCUT2D eigenvalue weighted by molar-refractivity contribution is 7.91. The molecule has 4 aliphatic rings. The van der Waals surface area contributed by atoms with E-state index in [1.165, 1.54) is 4.90 Å². The molecule has 2 aliphatic heterocycles. The highest BCUT2D eigenvalue weighted by atomic mass is 32.2. The van der Waals surface area contributed by atoms with Crippen LogP contribution in [0.25, 0.3) is 0 Å². The standard InChI is InChI=1S/C32H44N4O8S/c1-30(2,3)44-29(40)33-24-15-11-6-4-5-8-14-22-18-32(22,28(39)35-45(42,43)23-16-17-23)34-26(37)25-19-31(41,20-36(25)27(24)38)21-12-9-7-10-13-21/h7-10,12-14,22-25,41H,4-6,11,15-20H2,1-3H3,(H,33,40)(H,34,37)(H,35,39)/t22-,24+,25+,31+,32-/m1/s1. The van der Waals surface area contributed by atoms with Crippen LogP contribution in [-0.2, 0) is 34.7 Å². The summed E-state index contributed by atoms with van der Waals surface area (Å²) in [5.41, 5.74) is -3.38. The molecule has 0 bridgehead atoms. The molecule has 3 fully saturated rings. The molecule has 0 radical (unpaired) electrons. The summed E-state index contributed by atoms with van der Waals surface area (Å²) in [6, 6.07) is 6.49. The van der Waals surface area contributed by atoms with Crippen LogP contribution in [0.2, 0.25) is 0 Å². The number of nitrogens with one attached hydrogen (secondary N) is 3. The Morgan fingerprint density at radius 2 is 1.76 bits per heavy atom. The Morgan fingerprint density at radius 3 is 2.42 bits per heavy atom. The molecule has 1 saturated heterocycles. The van der Waals surface area contributed by atoms with Crippen LogP contribution in [0.1, 0.15) is 84.1 Å². The number of carbonyl (C=O) groups is 4. The zero-order chi connectivity index (χ0) is 32.6. The van der Waals surface area contributed by atoms with Crippen molar-refractivity contribution in [2.45, 2.75) is 113 Å². The molecule has 13 heteroatoms. The number of benzene rings is 1. The molecule has 0 unspecified atom stereocenters. The maximum absolute atomic E-state index is 14.2. The SMILES string of the molecule is CC(C)(C)OC(=O)N[C@H]1CCCCCC=C[C@@H]2C[C@@]2(C(=O)NS(=O)(=O)C2CC2)NC(=O)[C@@H]2C[C@@](O)(c3ccccc3)CN2C1=O. The summed E-state index contributed by atoms with van der Waals surface area (Å²) in [5.74, 6) is -2.47. The van der Waals surface area contributed by atoms with Gasteiger partial charge in [-0.25, -0.2) is 13.2 Å². The number of ether oxygens (including phenoxy) is 1. The van der Waals surface area contributed by atoms with Gasteiger partial charge in [0.05, 0.1) is 11.8 Å². The van der Waals surface area contributed by atoms with E-state index in [9.17, 15) is 32.7 Å². The summed E-state index contributed by atoms with van der Waals surface area (Å²) >= 11 is 0. The maximum atomic E-state index is 14.2. The van der Waals surface area contributed by atoms with Gasteiger partial charge in [-0.3, -0.25) is 19.1 Å². The monoisotopic (exact) mass is 644 g/mol. The molecule has 2 heterocycles. The van der Waals surface area contributed by atoms with Gasteiger partial charge in [0, 0.05) is 12.3 Å². The average Bonchev–Trinajstić information content (AvgIpc) is 3.88. The van der Waals surface area contributed by atoms with Crippen LogP contribution < -0.4 is 15.4 Å². The van der Waals surface area contributed by atoms with Crippen molar-refractivity contribution in [3.63, 3.8) is 0 Å². The fourth-order valence-corrected chi connectivity index (χ4v) is 7.60. The fourth-order valence-electron chi connectivity index (χ4n) is 6.23. The second kappa shape index (κ2) is 12.4. The Kier molecular flexibility index (Phi) is 9.07. The van der Waals surface area contributed by atoms with Crippen molar-refractivity contribution in [1.29, 1.82) is 0 Å². The normalized spacial score (nSPS) is 31.0. The average molecular weight is 645 g/mol. The second-order valence-electron chi connectivity index (χ2n) is 13.8. The largest absolute Gasteiger partial charge is 0.444 e. The minimum absolute atomic E-state index is 0.160. The lowest BCUT2D eigenvalue weighted by atomic mass is 9.91. The molecule has 1 aromatic carbocycles. The summed E-state index contributed by atoms with van der Waals surface area (Å²) in [6.07, 6.45) is 7.14. The van der Waals surface area contributed by atoms with Crippen molar-refractivity contribution in [3.05, 3.63) is 48.0 Å². The molecule has 4 amide bonds. The smallest absolute Gasteiger partial charge is 0.408 e. The van der Waals surface area contributed by atoms with Crippen LogP contribution in [0.4, 0.5) is 4.79 Å². The van der Waals surface area contributed by atoms with E-state index in [2.05, 4.69) is 15.4 Å². The number of nitrogens with zero attached hydrogens (tertiary/aromatic N) is 1. The van der Waals surface area contributed by atoms with Crippen LogP contribution >= 0.6 is 0 Å². The van der Waals surface area contributed by atoms with E-state index in [-0.39, 0.29) is 19.4 Å². The van der Waals surface area contributed by atoms with Crippen LogP contribution in [0.3, 0.4) is 0 Å². The topological polar surface area (TPSA) is 171 Å². The summed E-state index contributed by atoms with van der Waals surface area (Å²) in [5, 5.41) is 16.7. The first-order valence-electron chi connectivity index (χ1n) is 15.8. The highest BCUT2D eigenvalue weighted by Gasteiger charge is 2.62. The third-order valence-corrected chi connectivity index (χ3v) is 10.7. The Morgan fingerprint density at radius 1 is 1.04 bits per heavy atom. The molecule has 246 valence electrons. The number of fused-ring (bicyclic) bond motifs is 2. The van der Waals surface area contributed by atoms with Gasteiger partial charge in [-0.2, -0.15) is 0 Å². The first kappa shape index (κ1) is 32.9. The van der Waals surface area contributed by atoms with Crippen molar-refractivity contribution < 1.29 is 37.4 Å². The molecule has 4 N–H and O–H groups in total. The van der Waals surface area contributed by atoms with E-state index in [0.29, 0.717) is 37.7 Å². The van der Waals surface area contributed by atoms with Crippen LogP contribution in [0.15, 0.2) is 42.5 Å². The molecule has 2 aliphatic carbocycles. The fraction of sp³-hybridized carbons (Fsp3) is 0.625. The van der Waals surface area contributed by atoms with E-state index < -0.39 is 73.8 Å². The molecule has 0 spiro atoms. The summed E-state index contributed by atoms with van der Waals surface area (Å²) in [7, 11) is -3.87. The predicted octanol–water partition coefficient (Wildman–Crippen LogP) is 2.37. The molecular weight excluding hydrogens is 600 g/mol. The third-order valence-electron chi connectivity index (χ3n) is 8.92. The van der Waals surface area contributed by atoms with Gasteiger partial charge in [0.25, 0.3) is 5.91 Å². The van der Waals surface area contributed by atoms with Crippen LogP contribution in [0.5, 0.6) is 0 Å². The first-order chi connectivity index (χ1) is 21.1. The lowest BCUT2D eigenvalue weighted by molar-refractivity contribution is -0.141. The lowest BCUT2D eigenvalue weighted by Crippen LogP contribution is -2.58. The molecule has 2 saturated carbocycles. The van der Waals surface area contributed by atoms with Crippen molar-refractivity contribution in [1.82, 2.24) is 20.3 Å². The quantitative estimate of drug-likeness (QED) is 0.354. The van der Waals surface area contributed by atoms with E-state index in [4.69, 9.17) is 4.74 Å². The summed E-state index contributed by atoms with van der Waals surface area (Å²) in [4.78, 5) is 55.9. The second-order valence-corrected chi connectivity index (χ2v) is 15.8. The van der Waals surface area contributed by atoms with Crippen molar-refractivity contribution in [3.8, 4) is 0 Å². The van der Waals surface area contributed by atoms with Crippen LogP contribution in [-0.4, -0.2) is 77.3 Å². The number of aliphatic hydroxyl groups is 1. The number of alkyl carbamates (subject to hydrolysis) is 1. The molecule has 0 aromatic heterocycles. The number of hydrogen-bond acceptors (Lipinski definition) is 8. The number of hydrogen-bond donors (Lipinski definition) is 4. The zero-order valence-corrected chi connectivity index (χ0v) is 26.9. The molecular formula is C32H44N4O8S. The van der Waals surface area contributed by atoms with Gasteiger partial charge in [0.1, 0.15) is 28.8 Å². The predicted molar refractivity (Wildman–Crippen MR) is 165 cm³/mol. The van der Waals surface area contributed by atoms with Gasteiger partial charge in [-0.05, 0) is 64.9 Å². The van der Waals surface area contributed by atoms with Gasteiger partial charge in [-0.1, -0.05) is 55.3 Å². The first-order valence-corrected chi connectivity index (χ1v) is 17.3. The van der Waals surface area contributed by atoms with E-state index >= 15 is 0 Å².